The van der Waals surface area contributed by atoms with Crippen molar-refractivity contribution in [1.29, 1.82) is 0 Å². The molecule has 0 aliphatic carbocycles. The van der Waals surface area contributed by atoms with Gasteiger partial charge in [0.15, 0.2) is 0 Å². The van der Waals surface area contributed by atoms with Gasteiger partial charge in [0.2, 0.25) is 5.91 Å². The molecule has 110 valence electrons. The fourth-order valence-electron chi connectivity index (χ4n) is 1.98. The number of carbonyl (C=O) groups is 2. The maximum absolute atomic E-state index is 11.9. The Morgan fingerprint density at radius 2 is 1.90 bits per heavy atom. The fraction of sp³-hybridized carbons (Fsp3) is 0.267. The standard InChI is InChI=1S/C15H18N4O2/c1-19-10-11(9-18-19)3-2-8-17-15(21)13-6-4-12(5-7-13)14(16)20/h4-7,9-10H,2-3,8H2,1H3,(H2,16,20)(H,17,21). The predicted octanol–water partition coefficient (Wildman–Crippen LogP) is 0.882. The molecular weight excluding hydrogens is 268 g/mol. The predicted molar refractivity (Wildman–Crippen MR) is 78.8 cm³/mol. The van der Waals surface area contributed by atoms with Gasteiger partial charge in [-0.05, 0) is 42.7 Å². The Balaban J connectivity index is 1.77. The van der Waals surface area contributed by atoms with E-state index in [2.05, 4.69) is 10.4 Å². The molecule has 0 unspecified atom stereocenters. The highest BCUT2D eigenvalue weighted by Crippen LogP contribution is 2.04. The third-order valence-corrected chi connectivity index (χ3v) is 3.12. The Morgan fingerprint density at radius 3 is 2.48 bits per heavy atom. The van der Waals surface area contributed by atoms with Crippen molar-refractivity contribution in [2.24, 2.45) is 12.8 Å². The van der Waals surface area contributed by atoms with Crippen LogP contribution in [0.3, 0.4) is 0 Å². The molecule has 6 nitrogen and oxygen atoms in total. The lowest BCUT2D eigenvalue weighted by molar-refractivity contribution is 0.0950. The normalized spacial score (nSPS) is 10.3. The van der Waals surface area contributed by atoms with E-state index in [0.29, 0.717) is 17.7 Å². The van der Waals surface area contributed by atoms with Crippen LogP contribution in [0.15, 0.2) is 36.7 Å². The second kappa shape index (κ2) is 6.69. The summed E-state index contributed by atoms with van der Waals surface area (Å²) in [6, 6.07) is 6.28. The molecule has 6 heteroatoms. The minimum Gasteiger partial charge on any atom is -0.366 e. The first-order valence-electron chi connectivity index (χ1n) is 6.72. The van der Waals surface area contributed by atoms with Crippen molar-refractivity contribution in [1.82, 2.24) is 15.1 Å². The van der Waals surface area contributed by atoms with E-state index in [1.807, 2.05) is 19.4 Å². The van der Waals surface area contributed by atoms with E-state index in [9.17, 15) is 9.59 Å². The molecule has 2 aromatic rings. The highest BCUT2D eigenvalue weighted by atomic mass is 16.2. The van der Waals surface area contributed by atoms with Gasteiger partial charge in [0.25, 0.3) is 5.91 Å². The summed E-state index contributed by atoms with van der Waals surface area (Å²) >= 11 is 0. The average Bonchev–Trinajstić information content (AvgIpc) is 2.89. The first-order chi connectivity index (χ1) is 10.1. The van der Waals surface area contributed by atoms with Gasteiger partial charge in [-0.3, -0.25) is 14.3 Å². The van der Waals surface area contributed by atoms with Gasteiger partial charge in [-0.2, -0.15) is 5.10 Å². The molecule has 2 amide bonds. The highest BCUT2D eigenvalue weighted by molar-refractivity contribution is 5.97. The number of hydrogen-bond donors (Lipinski definition) is 2. The largest absolute Gasteiger partial charge is 0.366 e. The number of aromatic nitrogens is 2. The number of nitrogens with zero attached hydrogens (tertiary/aromatic N) is 2. The van der Waals surface area contributed by atoms with E-state index >= 15 is 0 Å². The number of aryl methyl sites for hydroxylation is 2. The second-order valence-corrected chi connectivity index (χ2v) is 4.82. The van der Waals surface area contributed by atoms with Crippen molar-refractivity contribution >= 4 is 11.8 Å². The van der Waals surface area contributed by atoms with Crippen LogP contribution in [0.1, 0.15) is 32.7 Å². The zero-order valence-corrected chi connectivity index (χ0v) is 11.9. The number of carbonyl (C=O) groups excluding carboxylic acids is 2. The number of nitrogens with two attached hydrogens (primary N) is 1. The molecule has 0 aliphatic rings. The molecule has 0 saturated heterocycles. The molecule has 0 atom stereocenters. The minimum atomic E-state index is -0.501. The molecule has 21 heavy (non-hydrogen) atoms. The molecule has 0 saturated carbocycles. The summed E-state index contributed by atoms with van der Waals surface area (Å²) in [7, 11) is 1.88. The molecule has 1 aromatic heterocycles. The third kappa shape index (κ3) is 4.17. The SMILES string of the molecule is Cn1cc(CCCNC(=O)c2ccc(C(N)=O)cc2)cn1. The van der Waals surface area contributed by atoms with Crippen LogP contribution in [0, 0.1) is 0 Å². The Kier molecular flexibility index (Phi) is 4.71. The van der Waals surface area contributed by atoms with Gasteiger partial charge in [0.1, 0.15) is 0 Å². The summed E-state index contributed by atoms with van der Waals surface area (Å²) in [5.74, 6) is -0.657. The molecule has 1 aromatic carbocycles. The van der Waals surface area contributed by atoms with Crippen molar-refractivity contribution in [2.75, 3.05) is 6.54 Å². The summed E-state index contributed by atoms with van der Waals surface area (Å²) in [5, 5.41) is 6.93. The first kappa shape index (κ1) is 14.8. The lowest BCUT2D eigenvalue weighted by atomic mass is 10.1. The lowest BCUT2D eigenvalue weighted by Gasteiger charge is -2.05. The molecule has 2 rings (SSSR count). The van der Waals surface area contributed by atoms with Crippen LogP contribution in [0.2, 0.25) is 0 Å². The average molecular weight is 286 g/mol. The smallest absolute Gasteiger partial charge is 0.251 e. The van der Waals surface area contributed by atoms with Gasteiger partial charge >= 0.3 is 0 Å². The Labute approximate surface area is 122 Å². The van der Waals surface area contributed by atoms with Crippen molar-refractivity contribution in [3.8, 4) is 0 Å². The quantitative estimate of drug-likeness (QED) is 0.772. The van der Waals surface area contributed by atoms with Crippen LogP contribution < -0.4 is 11.1 Å². The number of hydrogen-bond acceptors (Lipinski definition) is 3. The van der Waals surface area contributed by atoms with Crippen LogP contribution in [0.4, 0.5) is 0 Å². The summed E-state index contributed by atoms with van der Waals surface area (Å²) in [6.45, 7) is 0.589. The number of nitrogens with one attached hydrogen (secondary N) is 1. The maximum Gasteiger partial charge on any atom is 0.251 e. The van der Waals surface area contributed by atoms with Crippen molar-refractivity contribution in [3.63, 3.8) is 0 Å². The van der Waals surface area contributed by atoms with E-state index in [0.717, 1.165) is 18.4 Å². The van der Waals surface area contributed by atoms with Gasteiger partial charge in [0.05, 0.1) is 6.20 Å². The Hall–Kier alpha value is -2.63. The van der Waals surface area contributed by atoms with Gasteiger partial charge in [-0.15, -0.1) is 0 Å². The van der Waals surface area contributed by atoms with Crippen LogP contribution in [0.5, 0.6) is 0 Å². The zero-order chi connectivity index (χ0) is 15.2. The van der Waals surface area contributed by atoms with Crippen LogP contribution in [0.25, 0.3) is 0 Å². The van der Waals surface area contributed by atoms with E-state index < -0.39 is 5.91 Å². The third-order valence-electron chi connectivity index (χ3n) is 3.12. The molecule has 0 radical (unpaired) electrons. The molecule has 0 aliphatic heterocycles. The van der Waals surface area contributed by atoms with Crippen LogP contribution in [-0.4, -0.2) is 28.1 Å². The van der Waals surface area contributed by atoms with Gasteiger partial charge < -0.3 is 11.1 Å². The fourth-order valence-corrected chi connectivity index (χ4v) is 1.98. The topological polar surface area (TPSA) is 90.0 Å². The van der Waals surface area contributed by atoms with Crippen LogP contribution >= 0.6 is 0 Å². The molecule has 3 N–H and O–H groups in total. The van der Waals surface area contributed by atoms with Crippen molar-refractivity contribution in [3.05, 3.63) is 53.3 Å². The number of primary amides is 1. The monoisotopic (exact) mass is 286 g/mol. The summed E-state index contributed by atoms with van der Waals surface area (Å²) < 4.78 is 1.76. The van der Waals surface area contributed by atoms with E-state index in [-0.39, 0.29) is 5.91 Å². The van der Waals surface area contributed by atoms with E-state index in [1.165, 1.54) is 0 Å². The van der Waals surface area contributed by atoms with Crippen molar-refractivity contribution in [2.45, 2.75) is 12.8 Å². The molecular formula is C15H18N4O2. The van der Waals surface area contributed by atoms with Gasteiger partial charge in [0, 0.05) is 30.9 Å². The molecule has 0 spiro atoms. The van der Waals surface area contributed by atoms with Crippen molar-refractivity contribution < 1.29 is 9.59 Å². The minimum absolute atomic E-state index is 0.155. The first-order valence-corrected chi connectivity index (χ1v) is 6.72. The van der Waals surface area contributed by atoms with Crippen LogP contribution in [-0.2, 0) is 13.5 Å². The zero-order valence-electron chi connectivity index (χ0n) is 11.9. The summed E-state index contributed by atoms with van der Waals surface area (Å²) in [6.07, 6.45) is 5.50. The second-order valence-electron chi connectivity index (χ2n) is 4.82. The van der Waals surface area contributed by atoms with Gasteiger partial charge in [-0.25, -0.2) is 0 Å². The Morgan fingerprint density at radius 1 is 1.24 bits per heavy atom. The summed E-state index contributed by atoms with van der Waals surface area (Å²) in [5.41, 5.74) is 7.21. The molecule has 0 bridgehead atoms. The van der Waals surface area contributed by atoms with Gasteiger partial charge in [-0.1, -0.05) is 0 Å². The lowest BCUT2D eigenvalue weighted by Crippen LogP contribution is -2.24. The van der Waals surface area contributed by atoms with E-state index in [4.69, 9.17) is 5.73 Å². The number of benzene rings is 1. The molecule has 1 heterocycles. The summed E-state index contributed by atoms with van der Waals surface area (Å²) in [4.78, 5) is 22.8. The maximum atomic E-state index is 11.9. The Bertz CT molecular complexity index is 631. The van der Waals surface area contributed by atoms with E-state index in [1.54, 1.807) is 28.9 Å². The number of amides is 2. The number of rotatable bonds is 6. The molecule has 0 fully saturated rings. The highest BCUT2D eigenvalue weighted by Gasteiger charge is 2.06.